The normalized spacial score (nSPS) is 11.1. The first-order valence-corrected chi connectivity index (χ1v) is 7.53. The van der Waals surface area contributed by atoms with Gasteiger partial charge < -0.3 is 10.6 Å². The Labute approximate surface area is 125 Å². The van der Waals surface area contributed by atoms with Crippen molar-refractivity contribution < 1.29 is 0 Å². The zero-order valence-electron chi connectivity index (χ0n) is 12.4. The first-order chi connectivity index (χ1) is 9.62. The molecule has 0 radical (unpaired) electrons. The molecule has 0 unspecified atom stereocenters. The molecular formula is C16H22ClN3. The van der Waals surface area contributed by atoms with Crippen LogP contribution in [0.5, 0.6) is 0 Å². The summed E-state index contributed by atoms with van der Waals surface area (Å²) in [6, 6.07) is 6.17. The number of hydrogen-bond donors (Lipinski definition) is 1. The van der Waals surface area contributed by atoms with E-state index in [1.807, 2.05) is 19.1 Å². The Bertz CT molecular complexity index is 606. The molecule has 0 bridgehead atoms. The number of fused-ring (bicyclic) bond motifs is 1. The topological polar surface area (TPSA) is 42.2 Å². The van der Waals surface area contributed by atoms with Crippen LogP contribution in [0.2, 0.25) is 5.02 Å². The fourth-order valence-corrected chi connectivity index (χ4v) is 2.68. The number of halogens is 1. The van der Waals surface area contributed by atoms with E-state index >= 15 is 0 Å². The van der Waals surface area contributed by atoms with Crippen LogP contribution in [-0.2, 0) is 6.42 Å². The summed E-state index contributed by atoms with van der Waals surface area (Å²) in [7, 11) is 0. The lowest BCUT2D eigenvalue weighted by atomic mass is 10.1. The van der Waals surface area contributed by atoms with Gasteiger partial charge in [-0.1, -0.05) is 17.7 Å². The molecule has 2 aromatic rings. The van der Waals surface area contributed by atoms with E-state index in [0.717, 1.165) is 46.8 Å². The molecule has 0 amide bonds. The van der Waals surface area contributed by atoms with Crippen LogP contribution >= 0.6 is 11.6 Å². The second-order valence-electron chi connectivity index (χ2n) is 4.93. The summed E-state index contributed by atoms with van der Waals surface area (Å²) in [5, 5.41) is 1.90. The van der Waals surface area contributed by atoms with Gasteiger partial charge in [0.15, 0.2) is 0 Å². The molecular weight excluding hydrogens is 270 g/mol. The number of rotatable bonds is 5. The fourth-order valence-electron chi connectivity index (χ4n) is 2.53. The van der Waals surface area contributed by atoms with Crippen molar-refractivity contribution >= 4 is 28.3 Å². The van der Waals surface area contributed by atoms with E-state index in [-0.39, 0.29) is 0 Å². The highest BCUT2D eigenvalue weighted by Crippen LogP contribution is 2.29. The second-order valence-corrected chi connectivity index (χ2v) is 5.33. The minimum Gasteiger partial charge on any atom is -0.357 e. The van der Waals surface area contributed by atoms with Crippen molar-refractivity contribution in [3.8, 4) is 0 Å². The van der Waals surface area contributed by atoms with Gasteiger partial charge in [-0.3, -0.25) is 0 Å². The van der Waals surface area contributed by atoms with Gasteiger partial charge in [-0.2, -0.15) is 0 Å². The van der Waals surface area contributed by atoms with Crippen molar-refractivity contribution in [2.45, 2.75) is 27.2 Å². The van der Waals surface area contributed by atoms with Gasteiger partial charge in [-0.15, -0.1) is 0 Å². The number of anilines is 1. The maximum Gasteiger partial charge on any atom is 0.132 e. The van der Waals surface area contributed by atoms with Gasteiger partial charge in [-0.25, -0.2) is 4.98 Å². The van der Waals surface area contributed by atoms with E-state index in [4.69, 9.17) is 22.3 Å². The molecule has 1 heterocycles. The van der Waals surface area contributed by atoms with Crippen LogP contribution in [0.3, 0.4) is 0 Å². The predicted octanol–water partition coefficient (Wildman–Crippen LogP) is 3.54. The van der Waals surface area contributed by atoms with Crippen LogP contribution in [-0.4, -0.2) is 24.6 Å². The molecule has 0 aliphatic rings. The summed E-state index contributed by atoms with van der Waals surface area (Å²) in [5.74, 6) is 1.04. The molecule has 4 heteroatoms. The molecule has 1 aromatic heterocycles. The lowest BCUT2D eigenvalue weighted by molar-refractivity contribution is 0.831. The third-order valence-corrected chi connectivity index (χ3v) is 4.12. The number of benzene rings is 1. The number of aromatic nitrogens is 1. The summed E-state index contributed by atoms with van der Waals surface area (Å²) in [5.41, 5.74) is 8.98. The highest BCUT2D eigenvalue weighted by atomic mass is 35.5. The third kappa shape index (κ3) is 2.74. The number of pyridine rings is 1. The average molecular weight is 292 g/mol. The van der Waals surface area contributed by atoms with Gasteiger partial charge in [0, 0.05) is 23.5 Å². The minimum atomic E-state index is 0.633. The highest BCUT2D eigenvalue weighted by Gasteiger charge is 2.13. The quantitative estimate of drug-likeness (QED) is 0.916. The smallest absolute Gasteiger partial charge is 0.132 e. The van der Waals surface area contributed by atoms with Gasteiger partial charge in [0.2, 0.25) is 0 Å². The largest absolute Gasteiger partial charge is 0.357 e. The van der Waals surface area contributed by atoms with Crippen LogP contribution in [0.25, 0.3) is 10.9 Å². The van der Waals surface area contributed by atoms with E-state index in [0.29, 0.717) is 6.54 Å². The Morgan fingerprint density at radius 2 is 1.95 bits per heavy atom. The van der Waals surface area contributed by atoms with Crippen molar-refractivity contribution in [3.05, 3.63) is 34.3 Å². The molecule has 0 atom stereocenters. The third-order valence-electron chi connectivity index (χ3n) is 3.71. The molecule has 108 valence electrons. The molecule has 2 N–H and O–H groups in total. The molecule has 0 fully saturated rings. The van der Waals surface area contributed by atoms with Gasteiger partial charge in [0.25, 0.3) is 0 Å². The molecule has 0 saturated heterocycles. The molecule has 0 saturated carbocycles. The van der Waals surface area contributed by atoms with Crippen LogP contribution in [0, 0.1) is 6.92 Å². The highest BCUT2D eigenvalue weighted by molar-refractivity contribution is 6.32. The van der Waals surface area contributed by atoms with Crippen molar-refractivity contribution in [1.82, 2.24) is 4.98 Å². The van der Waals surface area contributed by atoms with Crippen molar-refractivity contribution in [2.24, 2.45) is 5.73 Å². The molecule has 0 aliphatic carbocycles. The van der Waals surface area contributed by atoms with Crippen molar-refractivity contribution in [2.75, 3.05) is 24.5 Å². The minimum absolute atomic E-state index is 0.633. The SMILES string of the molecule is CCN(CC)c1nc2c(C)c(Cl)ccc2cc1CCN. The van der Waals surface area contributed by atoms with Gasteiger partial charge in [0.05, 0.1) is 5.52 Å². The standard InChI is InChI=1S/C16H22ClN3/c1-4-20(5-2)16-13(8-9-18)10-12-6-7-14(17)11(3)15(12)19-16/h6-7,10H,4-5,8-9,18H2,1-3H3. The van der Waals surface area contributed by atoms with Crippen LogP contribution < -0.4 is 10.6 Å². The fraction of sp³-hybridized carbons (Fsp3) is 0.438. The van der Waals surface area contributed by atoms with Crippen LogP contribution in [0.1, 0.15) is 25.0 Å². The van der Waals surface area contributed by atoms with E-state index in [1.54, 1.807) is 0 Å². The molecule has 3 nitrogen and oxygen atoms in total. The number of aryl methyl sites for hydroxylation is 1. The lowest BCUT2D eigenvalue weighted by Gasteiger charge is -2.23. The molecule has 1 aromatic carbocycles. The molecule has 20 heavy (non-hydrogen) atoms. The lowest BCUT2D eigenvalue weighted by Crippen LogP contribution is -2.25. The summed E-state index contributed by atoms with van der Waals surface area (Å²) >= 11 is 6.21. The van der Waals surface area contributed by atoms with E-state index in [2.05, 4.69) is 24.8 Å². The van der Waals surface area contributed by atoms with E-state index in [1.165, 1.54) is 5.56 Å². The molecule has 0 aliphatic heterocycles. The Morgan fingerprint density at radius 1 is 1.25 bits per heavy atom. The van der Waals surface area contributed by atoms with Crippen LogP contribution in [0.15, 0.2) is 18.2 Å². The van der Waals surface area contributed by atoms with Crippen molar-refractivity contribution in [1.29, 1.82) is 0 Å². The number of nitrogens with zero attached hydrogens (tertiary/aromatic N) is 2. The van der Waals surface area contributed by atoms with E-state index < -0.39 is 0 Å². The van der Waals surface area contributed by atoms with E-state index in [9.17, 15) is 0 Å². The Morgan fingerprint density at radius 3 is 2.55 bits per heavy atom. The second kappa shape index (κ2) is 6.42. The zero-order valence-corrected chi connectivity index (χ0v) is 13.2. The van der Waals surface area contributed by atoms with Crippen LogP contribution in [0.4, 0.5) is 5.82 Å². The Kier molecular flexibility index (Phi) is 4.84. The summed E-state index contributed by atoms with van der Waals surface area (Å²) in [6.07, 6.45) is 0.844. The van der Waals surface area contributed by atoms with Crippen molar-refractivity contribution in [3.63, 3.8) is 0 Å². The summed E-state index contributed by atoms with van der Waals surface area (Å²) in [6.45, 7) is 8.82. The van der Waals surface area contributed by atoms with Gasteiger partial charge in [-0.05, 0) is 57.0 Å². The maximum absolute atomic E-state index is 6.21. The average Bonchev–Trinajstić information content (AvgIpc) is 2.45. The van der Waals surface area contributed by atoms with Gasteiger partial charge in [0.1, 0.15) is 5.82 Å². The Hall–Kier alpha value is -1.32. The zero-order chi connectivity index (χ0) is 14.7. The monoisotopic (exact) mass is 291 g/mol. The Balaban J connectivity index is 2.68. The number of nitrogens with two attached hydrogens (primary N) is 1. The maximum atomic E-state index is 6.21. The first kappa shape index (κ1) is 15.1. The predicted molar refractivity (Wildman–Crippen MR) is 87.8 cm³/mol. The molecule has 0 spiro atoms. The summed E-state index contributed by atoms with van der Waals surface area (Å²) < 4.78 is 0. The van der Waals surface area contributed by atoms with Gasteiger partial charge >= 0.3 is 0 Å². The first-order valence-electron chi connectivity index (χ1n) is 7.16. The summed E-state index contributed by atoms with van der Waals surface area (Å²) in [4.78, 5) is 7.15. The molecule has 2 rings (SSSR count). The number of hydrogen-bond acceptors (Lipinski definition) is 3.